The number of fused-ring (bicyclic) bond motifs is 1. The fourth-order valence-electron chi connectivity index (χ4n) is 1.70. The summed E-state index contributed by atoms with van der Waals surface area (Å²) < 4.78 is 1.71. The van der Waals surface area contributed by atoms with Crippen molar-refractivity contribution in [1.29, 1.82) is 0 Å². The van der Waals surface area contributed by atoms with Gasteiger partial charge in [0.2, 0.25) is 0 Å². The lowest BCUT2D eigenvalue weighted by Gasteiger charge is -2.17. The quantitative estimate of drug-likeness (QED) is 0.686. The largest absolute Gasteiger partial charge is 0.481 e. The maximum Gasteiger partial charge on any atom is 0.314 e. The Kier molecular flexibility index (Phi) is 1.79. The van der Waals surface area contributed by atoms with Crippen LogP contribution in [0.2, 0.25) is 0 Å². The molecule has 1 N–H and O–H groups in total. The van der Waals surface area contributed by atoms with Crippen molar-refractivity contribution in [2.75, 3.05) is 0 Å². The minimum atomic E-state index is -0.798. The van der Waals surface area contributed by atoms with Gasteiger partial charge in [0.25, 0.3) is 0 Å². The zero-order valence-corrected chi connectivity index (χ0v) is 7.40. The van der Waals surface area contributed by atoms with E-state index in [4.69, 9.17) is 5.11 Å². The highest BCUT2D eigenvalue weighted by Gasteiger charge is 2.28. The first-order chi connectivity index (χ1) is 6.18. The summed E-state index contributed by atoms with van der Waals surface area (Å²) in [4.78, 5) is 15.0. The van der Waals surface area contributed by atoms with Crippen LogP contribution in [0.15, 0.2) is 0 Å². The molecule has 0 aromatic carbocycles. The van der Waals surface area contributed by atoms with Gasteiger partial charge in [-0.3, -0.25) is 4.79 Å². The number of aryl methyl sites for hydroxylation is 2. The average Bonchev–Trinajstić information content (AvgIpc) is 2.43. The summed E-state index contributed by atoms with van der Waals surface area (Å²) in [5, 5.41) is 13.0. The molecule has 0 amide bonds. The van der Waals surface area contributed by atoms with Crippen LogP contribution in [0.1, 0.15) is 30.4 Å². The van der Waals surface area contributed by atoms with E-state index in [1.54, 1.807) is 11.6 Å². The van der Waals surface area contributed by atoms with E-state index in [2.05, 4.69) is 10.1 Å². The third-order valence-electron chi connectivity index (χ3n) is 2.28. The third kappa shape index (κ3) is 1.30. The van der Waals surface area contributed by atoms with Crippen LogP contribution in [0.5, 0.6) is 0 Å². The van der Waals surface area contributed by atoms with Crippen molar-refractivity contribution in [3.8, 4) is 0 Å². The molecule has 2 rings (SSSR count). The molecule has 0 fully saturated rings. The van der Waals surface area contributed by atoms with Crippen LogP contribution in [0.3, 0.4) is 0 Å². The number of aliphatic carboxylic acids is 1. The van der Waals surface area contributed by atoms with E-state index in [0.29, 0.717) is 18.1 Å². The summed E-state index contributed by atoms with van der Waals surface area (Å²) in [6.07, 6.45) is 1.54. The van der Waals surface area contributed by atoms with E-state index < -0.39 is 11.9 Å². The van der Waals surface area contributed by atoms with Crippen LogP contribution in [-0.2, 0) is 11.3 Å². The number of carboxylic acids is 1. The zero-order chi connectivity index (χ0) is 9.42. The second kappa shape index (κ2) is 2.83. The molecule has 1 unspecified atom stereocenters. The fourth-order valence-corrected chi connectivity index (χ4v) is 1.70. The third-order valence-corrected chi connectivity index (χ3v) is 2.28. The summed E-state index contributed by atoms with van der Waals surface area (Å²) in [5.41, 5.74) is 0. The minimum absolute atomic E-state index is 0.463. The Morgan fingerprint density at radius 2 is 2.46 bits per heavy atom. The van der Waals surface area contributed by atoms with E-state index in [0.717, 1.165) is 13.0 Å². The van der Waals surface area contributed by atoms with Gasteiger partial charge in [-0.2, -0.15) is 5.10 Å². The molecule has 5 heteroatoms. The fraction of sp³-hybridized carbons (Fsp3) is 0.625. The van der Waals surface area contributed by atoms with Crippen LogP contribution in [0, 0.1) is 6.92 Å². The van der Waals surface area contributed by atoms with Gasteiger partial charge < -0.3 is 5.11 Å². The first-order valence-electron chi connectivity index (χ1n) is 4.32. The standard InChI is InChI=1S/C8H11N3O2/c1-5-9-7-6(8(12)13)3-2-4-11(7)10-5/h6H,2-4H2,1H3,(H,12,13). The van der Waals surface area contributed by atoms with Crippen molar-refractivity contribution in [3.05, 3.63) is 11.6 Å². The van der Waals surface area contributed by atoms with Crippen LogP contribution >= 0.6 is 0 Å². The monoisotopic (exact) mass is 181 g/mol. The average molecular weight is 181 g/mol. The number of hydrogen-bond donors (Lipinski definition) is 1. The number of carboxylic acid groups (broad SMARTS) is 1. The Bertz CT molecular complexity index is 345. The van der Waals surface area contributed by atoms with Crippen molar-refractivity contribution >= 4 is 5.97 Å². The first kappa shape index (κ1) is 8.22. The number of rotatable bonds is 1. The second-order valence-corrected chi connectivity index (χ2v) is 3.27. The van der Waals surface area contributed by atoms with E-state index in [-0.39, 0.29) is 0 Å². The molecule has 1 aliphatic heterocycles. The molecular formula is C8H11N3O2. The SMILES string of the molecule is Cc1nc2n(n1)CCCC2C(=O)O. The number of hydrogen-bond acceptors (Lipinski definition) is 3. The lowest BCUT2D eigenvalue weighted by molar-refractivity contribution is -0.139. The molecule has 1 aromatic heterocycles. The smallest absolute Gasteiger partial charge is 0.314 e. The Balaban J connectivity index is 2.41. The number of aromatic nitrogens is 3. The molecule has 0 saturated carbocycles. The molecule has 13 heavy (non-hydrogen) atoms. The predicted molar refractivity (Wildman–Crippen MR) is 44.4 cm³/mol. The molecule has 5 nitrogen and oxygen atoms in total. The van der Waals surface area contributed by atoms with Crippen molar-refractivity contribution in [1.82, 2.24) is 14.8 Å². The number of carbonyl (C=O) groups is 1. The second-order valence-electron chi connectivity index (χ2n) is 3.27. The molecule has 0 spiro atoms. The van der Waals surface area contributed by atoms with Gasteiger partial charge >= 0.3 is 5.97 Å². The van der Waals surface area contributed by atoms with Gasteiger partial charge in [-0.1, -0.05) is 0 Å². The van der Waals surface area contributed by atoms with Crippen LogP contribution < -0.4 is 0 Å². The highest BCUT2D eigenvalue weighted by molar-refractivity contribution is 5.75. The van der Waals surface area contributed by atoms with Crippen LogP contribution in [0.25, 0.3) is 0 Å². The van der Waals surface area contributed by atoms with Gasteiger partial charge in [0, 0.05) is 6.54 Å². The highest BCUT2D eigenvalue weighted by Crippen LogP contribution is 2.25. The zero-order valence-electron chi connectivity index (χ0n) is 7.40. The molecule has 0 saturated heterocycles. The first-order valence-corrected chi connectivity index (χ1v) is 4.32. The Hall–Kier alpha value is -1.39. The van der Waals surface area contributed by atoms with E-state index >= 15 is 0 Å². The lowest BCUT2D eigenvalue weighted by Crippen LogP contribution is -2.22. The van der Waals surface area contributed by atoms with Crippen molar-refractivity contribution in [2.24, 2.45) is 0 Å². The molecule has 70 valence electrons. The molecular weight excluding hydrogens is 170 g/mol. The highest BCUT2D eigenvalue weighted by atomic mass is 16.4. The predicted octanol–water partition coefficient (Wildman–Crippen LogP) is 0.549. The molecule has 0 aliphatic carbocycles. The number of nitrogens with zero attached hydrogens (tertiary/aromatic N) is 3. The molecule has 0 bridgehead atoms. The summed E-state index contributed by atoms with van der Waals surface area (Å²) in [7, 11) is 0. The van der Waals surface area contributed by atoms with Crippen molar-refractivity contribution in [3.63, 3.8) is 0 Å². The maximum atomic E-state index is 10.8. The molecule has 1 aliphatic rings. The van der Waals surface area contributed by atoms with E-state index in [1.165, 1.54) is 0 Å². The van der Waals surface area contributed by atoms with E-state index in [9.17, 15) is 4.79 Å². The minimum Gasteiger partial charge on any atom is -0.481 e. The van der Waals surface area contributed by atoms with Gasteiger partial charge in [0.1, 0.15) is 17.6 Å². The summed E-state index contributed by atoms with van der Waals surface area (Å²) >= 11 is 0. The van der Waals surface area contributed by atoms with Crippen molar-refractivity contribution < 1.29 is 9.90 Å². The molecule has 0 radical (unpaired) electrons. The van der Waals surface area contributed by atoms with Crippen LogP contribution in [-0.4, -0.2) is 25.8 Å². The molecule has 1 atom stereocenters. The summed E-state index contributed by atoms with van der Waals surface area (Å²) in [5.74, 6) is 0.00250. The topological polar surface area (TPSA) is 68.0 Å². The van der Waals surface area contributed by atoms with Gasteiger partial charge in [-0.15, -0.1) is 0 Å². The Morgan fingerprint density at radius 1 is 1.69 bits per heavy atom. The Morgan fingerprint density at radius 3 is 3.15 bits per heavy atom. The van der Waals surface area contributed by atoms with Gasteiger partial charge in [0.15, 0.2) is 0 Å². The summed E-state index contributed by atoms with van der Waals surface area (Å²) in [6.45, 7) is 2.57. The van der Waals surface area contributed by atoms with Crippen molar-refractivity contribution in [2.45, 2.75) is 32.2 Å². The Labute approximate surface area is 75.4 Å². The van der Waals surface area contributed by atoms with Gasteiger partial charge in [-0.25, -0.2) is 9.67 Å². The van der Waals surface area contributed by atoms with Gasteiger partial charge in [0.05, 0.1) is 0 Å². The van der Waals surface area contributed by atoms with Crippen LogP contribution in [0.4, 0.5) is 0 Å². The van der Waals surface area contributed by atoms with Gasteiger partial charge in [-0.05, 0) is 19.8 Å². The molecule has 2 heterocycles. The lowest BCUT2D eigenvalue weighted by atomic mass is 10.00. The van der Waals surface area contributed by atoms with E-state index in [1.807, 2.05) is 0 Å². The summed E-state index contributed by atoms with van der Waals surface area (Å²) in [6, 6.07) is 0. The normalized spacial score (nSPS) is 21.2. The molecule has 1 aromatic rings. The maximum absolute atomic E-state index is 10.8.